The molecule has 2 aliphatic heterocycles. The molecule has 178 valence electrons. The Hall–Kier alpha value is -4.45. The van der Waals surface area contributed by atoms with Crippen molar-refractivity contribution in [3.8, 4) is 11.1 Å². The number of nitrogens with one attached hydrogen (secondary N) is 2. The van der Waals surface area contributed by atoms with Crippen LogP contribution in [0.5, 0.6) is 0 Å². The van der Waals surface area contributed by atoms with E-state index in [-0.39, 0.29) is 11.4 Å². The first-order valence-electron chi connectivity index (χ1n) is 12.0. The van der Waals surface area contributed by atoms with E-state index in [2.05, 4.69) is 60.2 Å². The molecule has 0 amide bonds. The molecule has 0 atom stereocenters. The first kappa shape index (κ1) is 22.0. The van der Waals surface area contributed by atoms with Crippen molar-refractivity contribution in [1.29, 1.82) is 0 Å². The lowest BCUT2D eigenvalue weighted by molar-refractivity contribution is 0.0600. The lowest BCUT2D eigenvalue weighted by atomic mass is 9.87. The molecule has 2 N–H and O–H groups in total. The molecule has 0 spiro atoms. The molecule has 0 aliphatic carbocycles. The summed E-state index contributed by atoms with van der Waals surface area (Å²) >= 11 is 0. The van der Waals surface area contributed by atoms with Gasteiger partial charge in [-0.25, -0.2) is 9.78 Å². The molecule has 6 heteroatoms. The predicted octanol–water partition coefficient (Wildman–Crippen LogP) is 6.46. The van der Waals surface area contributed by atoms with Crippen LogP contribution in [-0.2, 0) is 16.6 Å². The highest BCUT2D eigenvalue weighted by Crippen LogP contribution is 2.32. The number of rotatable bonds is 2. The van der Waals surface area contributed by atoms with Gasteiger partial charge in [-0.05, 0) is 72.3 Å². The van der Waals surface area contributed by atoms with Gasteiger partial charge in [-0.3, -0.25) is 4.98 Å². The zero-order chi connectivity index (χ0) is 24.9. The normalized spacial score (nSPS) is 14.1. The number of methoxy groups -OCH3 is 1. The summed E-state index contributed by atoms with van der Waals surface area (Å²) < 4.78 is 4.86. The number of ether oxygens (including phenoxy) is 1. The van der Waals surface area contributed by atoms with Crippen molar-refractivity contribution >= 4 is 40.2 Å². The fourth-order valence-corrected chi connectivity index (χ4v) is 4.86. The molecule has 0 unspecified atom stereocenters. The molecule has 5 heterocycles. The lowest BCUT2D eigenvalue weighted by Gasteiger charge is -2.15. The number of carbonyl (C=O) groups excluding carboxylic acids is 1. The molecular weight excluding hydrogens is 448 g/mol. The number of benzene rings is 1. The van der Waals surface area contributed by atoms with Crippen molar-refractivity contribution in [3.05, 3.63) is 95.1 Å². The van der Waals surface area contributed by atoms with E-state index >= 15 is 0 Å². The number of carbonyl (C=O) groups is 1. The highest BCUT2D eigenvalue weighted by Gasteiger charge is 2.28. The Morgan fingerprint density at radius 3 is 2.36 bits per heavy atom. The van der Waals surface area contributed by atoms with Gasteiger partial charge in [0.2, 0.25) is 0 Å². The highest BCUT2D eigenvalue weighted by molar-refractivity contribution is 5.93. The van der Waals surface area contributed by atoms with E-state index in [4.69, 9.17) is 14.7 Å². The Morgan fingerprint density at radius 2 is 1.58 bits per heavy atom. The fraction of sp³-hybridized carbons (Fsp3) is 0.167. The first-order chi connectivity index (χ1) is 17.4. The smallest absolute Gasteiger partial charge is 0.337 e. The maximum absolute atomic E-state index is 12.0. The molecule has 2 aliphatic rings. The van der Waals surface area contributed by atoms with Crippen LogP contribution in [0.3, 0.4) is 0 Å². The number of hydrogen-bond acceptors (Lipinski definition) is 4. The van der Waals surface area contributed by atoms with E-state index in [1.807, 2.05) is 30.4 Å². The Balaban J connectivity index is 1.64. The van der Waals surface area contributed by atoms with Crippen LogP contribution < -0.4 is 0 Å². The van der Waals surface area contributed by atoms with E-state index < -0.39 is 0 Å². The molecule has 8 bridgehead atoms. The van der Waals surface area contributed by atoms with Gasteiger partial charge in [-0.15, -0.1) is 0 Å². The van der Waals surface area contributed by atoms with Crippen LogP contribution in [0.4, 0.5) is 0 Å². The van der Waals surface area contributed by atoms with Crippen LogP contribution in [0.15, 0.2) is 66.7 Å². The van der Waals surface area contributed by atoms with Crippen molar-refractivity contribution in [1.82, 2.24) is 19.9 Å². The SMILES string of the molecule is COC(=O)c1ccc(-c2c3nc(cc4ccc(cc5nc(cc6ccc2[nH]6)CC5(C)C)[nH]4)C=C3)cc1. The summed E-state index contributed by atoms with van der Waals surface area (Å²) in [5, 5.41) is 0. The number of aromatic amines is 2. The second-order valence-corrected chi connectivity index (χ2v) is 9.88. The molecular formula is C30H26N4O2. The van der Waals surface area contributed by atoms with Crippen molar-refractivity contribution in [2.75, 3.05) is 7.11 Å². The lowest BCUT2D eigenvalue weighted by Crippen LogP contribution is -2.14. The second-order valence-electron chi connectivity index (χ2n) is 9.88. The third-order valence-corrected chi connectivity index (χ3v) is 6.72. The third-order valence-electron chi connectivity index (χ3n) is 6.72. The maximum atomic E-state index is 12.0. The number of aromatic nitrogens is 4. The summed E-state index contributed by atoms with van der Waals surface area (Å²) in [6.07, 6.45) is 4.91. The van der Waals surface area contributed by atoms with Gasteiger partial charge in [0.25, 0.3) is 0 Å². The molecule has 6 nitrogen and oxygen atoms in total. The summed E-state index contributed by atoms with van der Waals surface area (Å²) in [7, 11) is 1.39. The first-order valence-corrected chi connectivity index (χ1v) is 12.0. The Labute approximate surface area is 208 Å². The number of nitrogens with zero attached hydrogens (tertiary/aromatic N) is 2. The van der Waals surface area contributed by atoms with Crippen molar-refractivity contribution < 1.29 is 9.53 Å². The van der Waals surface area contributed by atoms with Crippen LogP contribution in [0.1, 0.15) is 47.0 Å². The molecule has 36 heavy (non-hydrogen) atoms. The molecule has 3 aromatic heterocycles. The number of esters is 1. The van der Waals surface area contributed by atoms with E-state index in [9.17, 15) is 4.79 Å². The largest absolute Gasteiger partial charge is 0.465 e. The highest BCUT2D eigenvalue weighted by atomic mass is 16.5. The van der Waals surface area contributed by atoms with Crippen LogP contribution in [-0.4, -0.2) is 33.0 Å². The van der Waals surface area contributed by atoms with Gasteiger partial charge >= 0.3 is 5.97 Å². The standard InChI is InChI=1S/C30H26N4O2/c1-30(2)17-24-15-22-11-13-26(33-22)28(18-4-6-19(7-5-18)29(35)36-3)25-12-10-21(32-25)14-20-8-9-23(31-20)16-27(30)34-24/h4-16,31,33H,17H2,1-3H3. The van der Waals surface area contributed by atoms with Gasteiger partial charge in [0.15, 0.2) is 0 Å². The van der Waals surface area contributed by atoms with Crippen LogP contribution >= 0.6 is 0 Å². The van der Waals surface area contributed by atoms with E-state index in [0.29, 0.717) is 5.56 Å². The molecule has 1 aromatic carbocycles. The van der Waals surface area contributed by atoms with Gasteiger partial charge in [0.05, 0.1) is 24.1 Å². The number of H-pyrrole nitrogens is 2. The van der Waals surface area contributed by atoms with E-state index in [0.717, 1.165) is 62.4 Å². The van der Waals surface area contributed by atoms with Gasteiger partial charge in [0, 0.05) is 50.9 Å². The summed E-state index contributed by atoms with van der Waals surface area (Å²) in [6, 6.07) is 22.0. The summed E-state index contributed by atoms with van der Waals surface area (Å²) in [4.78, 5) is 28.9. The predicted molar refractivity (Wildman–Crippen MR) is 143 cm³/mol. The van der Waals surface area contributed by atoms with Gasteiger partial charge in [-0.2, -0.15) is 0 Å². The average Bonchev–Trinajstić information content (AvgIpc) is 3.64. The van der Waals surface area contributed by atoms with Crippen LogP contribution in [0.2, 0.25) is 0 Å². The van der Waals surface area contributed by atoms with Gasteiger partial charge in [0.1, 0.15) is 0 Å². The minimum atomic E-state index is -0.358. The van der Waals surface area contributed by atoms with Crippen molar-refractivity contribution in [2.45, 2.75) is 25.7 Å². The molecule has 0 saturated carbocycles. The van der Waals surface area contributed by atoms with E-state index in [1.54, 1.807) is 12.1 Å². The molecule has 4 aromatic rings. The number of fused-ring (bicyclic) bond motifs is 8. The number of hydrogen-bond donors (Lipinski definition) is 2. The topological polar surface area (TPSA) is 83.7 Å². The zero-order valence-electron chi connectivity index (χ0n) is 20.4. The molecule has 6 rings (SSSR count). The quantitative estimate of drug-likeness (QED) is 0.288. The van der Waals surface area contributed by atoms with Crippen LogP contribution in [0, 0.1) is 0 Å². The van der Waals surface area contributed by atoms with Crippen molar-refractivity contribution in [3.63, 3.8) is 0 Å². The Morgan fingerprint density at radius 1 is 0.861 bits per heavy atom. The average molecular weight is 475 g/mol. The summed E-state index contributed by atoms with van der Waals surface area (Å²) in [6.45, 7) is 4.46. The monoisotopic (exact) mass is 474 g/mol. The molecule has 0 saturated heterocycles. The van der Waals surface area contributed by atoms with Gasteiger partial charge in [-0.1, -0.05) is 26.0 Å². The Bertz CT molecular complexity index is 1690. The second kappa shape index (κ2) is 8.34. The fourth-order valence-electron chi connectivity index (χ4n) is 4.86. The Kier molecular flexibility index (Phi) is 5.11. The van der Waals surface area contributed by atoms with Crippen molar-refractivity contribution in [2.24, 2.45) is 0 Å². The minimum Gasteiger partial charge on any atom is -0.465 e. The summed E-state index contributed by atoms with van der Waals surface area (Å²) in [5.41, 5.74) is 10.1. The zero-order valence-corrected chi connectivity index (χ0v) is 20.4. The minimum absolute atomic E-state index is 0.0510. The van der Waals surface area contributed by atoms with Gasteiger partial charge < -0.3 is 14.7 Å². The van der Waals surface area contributed by atoms with Crippen LogP contribution in [0.25, 0.3) is 45.3 Å². The molecule has 0 radical (unpaired) electrons. The maximum Gasteiger partial charge on any atom is 0.337 e. The molecule has 0 fully saturated rings. The summed E-state index contributed by atoms with van der Waals surface area (Å²) in [5.74, 6) is -0.358. The third kappa shape index (κ3) is 4.01. The van der Waals surface area contributed by atoms with E-state index in [1.165, 1.54) is 7.11 Å².